The van der Waals surface area contributed by atoms with Gasteiger partial charge in [-0.05, 0) is 12.1 Å². The maximum Gasteiger partial charge on any atom is 0.453 e. The highest BCUT2D eigenvalue weighted by Crippen LogP contribution is 2.38. The average molecular weight is 323 g/mol. The van der Waals surface area contributed by atoms with Gasteiger partial charge in [-0.2, -0.15) is 22.0 Å². The fraction of sp³-hybridized carbons (Fsp3) is 0.250. The van der Waals surface area contributed by atoms with Crippen molar-refractivity contribution in [3.8, 4) is 0 Å². The number of halogens is 5. The van der Waals surface area contributed by atoms with Crippen molar-refractivity contribution in [3.63, 3.8) is 0 Å². The van der Waals surface area contributed by atoms with Crippen LogP contribution in [0.3, 0.4) is 0 Å². The number of rotatable bonds is 3. The molecule has 0 atom stereocenters. The summed E-state index contributed by atoms with van der Waals surface area (Å²) in [7, 11) is 0. The lowest BCUT2D eigenvalue weighted by molar-refractivity contribution is -0.285. The summed E-state index contributed by atoms with van der Waals surface area (Å²) in [6.07, 6.45) is -8.29. The van der Waals surface area contributed by atoms with Crippen LogP contribution in [0.4, 0.5) is 22.0 Å². The summed E-state index contributed by atoms with van der Waals surface area (Å²) in [6, 6.07) is 5.22. The molecule has 1 aromatic rings. The first-order chi connectivity index (χ1) is 10.0. The van der Waals surface area contributed by atoms with Crippen LogP contribution in [0.1, 0.15) is 27.1 Å². The van der Waals surface area contributed by atoms with Gasteiger partial charge in [-0.1, -0.05) is 17.2 Å². The molecule has 118 valence electrons. The number of carbonyl (C=O) groups is 3. The predicted octanol–water partition coefficient (Wildman–Crippen LogP) is 2.33. The molecule has 1 heterocycles. The minimum atomic E-state index is -5.95. The van der Waals surface area contributed by atoms with E-state index in [0.29, 0.717) is 0 Å². The minimum absolute atomic E-state index is 0.139. The van der Waals surface area contributed by atoms with Crippen molar-refractivity contribution in [2.75, 3.05) is 0 Å². The maximum atomic E-state index is 12.7. The molecule has 1 aliphatic rings. The predicted molar refractivity (Wildman–Crippen MR) is 58.7 cm³/mol. The zero-order chi connectivity index (χ0) is 16.7. The number of nitrogens with zero attached hydrogens (tertiary/aromatic N) is 1. The van der Waals surface area contributed by atoms with E-state index in [1.54, 1.807) is 0 Å². The molecule has 1 aromatic carbocycles. The van der Waals surface area contributed by atoms with Gasteiger partial charge in [0, 0.05) is 0 Å². The molecule has 0 radical (unpaired) electrons. The van der Waals surface area contributed by atoms with Crippen LogP contribution in [0.15, 0.2) is 24.3 Å². The summed E-state index contributed by atoms with van der Waals surface area (Å²) in [4.78, 5) is 38.7. The highest BCUT2D eigenvalue weighted by molar-refractivity contribution is 6.20. The number of hydrogen-bond donors (Lipinski definition) is 0. The smallest absolute Gasteiger partial charge is 0.329 e. The lowest BCUT2D eigenvalue weighted by atomic mass is 10.1. The van der Waals surface area contributed by atoms with E-state index in [-0.39, 0.29) is 16.2 Å². The van der Waals surface area contributed by atoms with Crippen LogP contribution in [0.2, 0.25) is 0 Å². The van der Waals surface area contributed by atoms with Crippen molar-refractivity contribution in [2.45, 2.75) is 18.5 Å². The van der Waals surface area contributed by atoms with Crippen molar-refractivity contribution in [3.05, 3.63) is 35.4 Å². The van der Waals surface area contributed by atoms with Crippen molar-refractivity contribution in [2.24, 2.45) is 0 Å². The molecule has 2 rings (SSSR count). The summed E-state index contributed by atoms with van der Waals surface area (Å²) >= 11 is 0. The van der Waals surface area contributed by atoms with Gasteiger partial charge in [0.2, 0.25) is 0 Å². The third-order valence-corrected chi connectivity index (χ3v) is 2.73. The highest BCUT2D eigenvalue weighted by atomic mass is 19.4. The number of benzene rings is 1. The maximum absolute atomic E-state index is 12.7. The lowest BCUT2D eigenvalue weighted by Gasteiger charge is -2.19. The third-order valence-electron chi connectivity index (χ3n) is 2.73. The van der Waals surface area contributed by atoms with Crippen LogP contribution in [0, 0.1) is 0 Å². The number of imide groups is 1. The van der Waals surface area contributed by atoms with Gasteiger partial charge in [0.05, 0.1) is 11.1 Å². The average Bonchev–Trinajstić information content (AvgIpc) is 2.63. The Morgan fingerprint density at radius 3 is 1.86 bits per heavy atom. The van der Waals surface area contributed by atoms with E-state index in [9.17, 15) is 36.3 Å². The van der Waals surface area contributed by atoms with Crippen LogP contribution in [-0.2, 0) is 9.63 Å². The number of fused-ring (bicyclic) bond motifs is 1. The van der Waals surface area contributed by atoms with E-state index in [0.717, 1.165) is 0 Å². The molecule has 0 aliphatic carbocycles. The quantitative estimate of drug-likeness (QED) is 0.633. The molecule has 1 aliphatic heterocycles. The van der Waals surface area contributed by atoms with E-state index in [1.807, 2.05) is 0 Å². The summed E-state index contributed by atoms with van der Waals surface area (Å²) in [5.74, 6) is -9.63. The molecule has 0 N–H and O–H groups in total. The number of amides is 2. The second-order valence-electron chi connectivity index (χ2n) is 4.29. The topological polar surface area (TPSA) is 63.7 Å². The second kappa shape index (κ2) is 5.04. The molecule has 0 fully saturated rings. The minimum Gasteiger partial charge on any atom is -0.329 e. The number of hydroxylamine groups is 2. The third kappa shape index (κ3) is 2.63. The Hall–Kier alpha value is -2.52. The van der Waals surface area contributed by atoms with Gasteiger partial charge in [0.25, 0.3) is 11.8 Å². The van der Waals surface area contributed by atoms with Gasteiger partial charge in [-0.25, -0.2) is 4.79 Å². The van der Waals surface area contributed by atoms with Gasteiger partial charge in [0.15, 0.2) is 0 Å². The van der Waals surface area contributed by atoms with E-state index >= 15 is 0 Å². The van der Waals surface area contributed by atoms with Gasteiger partial charge < -0.3 is 4.84 Å². The largest absolute Gasteiger partial charge is 0.453 e. The molecular formula is C12H6F5NO4. The van der Waals surface area contributed by atoms with Gasteiger partial charge in [-0.15, -0.1) is 0 Å². The van der Waals surface area contributed by atoms with Crippen LogP contribution >= 0.6 is 0 Å². The van der Waals surface area contributed by atoms with Crippen LogP contribution in [0.5, 0.6) is 0 Å². The molecule has 0 spiro atoms. The molecule has 22 heavy (non-hydrogen) atoms. The molecule has 0 aromatic heterocycles. The van der Waals surface area contributed by atoms with Gasteiger partial charge >= 0.3 is 18.1 Å². The molecule has 0 saturated heterocycles. The summed E-state index contributed by atoms with van der Waals surface area (Å²) in [5.41, 5.74) is -0.300. The normalized spacial score (nSPS) is 15.0. The Labute approximate surface area is 119 Å². The monoisotopic (exact) mass is 323 g/mol. The van der Waals surface area contributed by atoms with Gasteiger partial charge in [-0.3, -0.25) is 9.59 Å². The first-order valence-electron chi connectivity index (χ1n) is 5.68. The fourth-order valence-electron chi connectivity index (χ4n) is 1.67. The summed E-state index contributed by atoms with van der Waals surface area (Å²) in [5, 5.41) is -0.139. The number of carbonyl (C=O) groups excluding carboxylic acids is 3. The molecule has 0 bridgehead atoms. The van der Waals surface area contributed by atoms with E-state index in [1.165, 1.54) is 24.3 Å². The molecule has 2 amide bonds. The molecular weight excluding hydrogens is 317 g/mol. The Morgan fingerprint density at radius 1 is 1.00 bits per heavy atom. The Bertz CT molecular complexity index is 620. The zero-order valence-electron chi connectivity index (χ0n) is 10.5. The Kier molecular flexibility index (Phi) is 3.63. The molecule has 0 unspecified atom stereocenters. The Morgan fingerprint density at radius 2 is 1.45 bits per heavy atom. The Balaban J connectivity index is 2.12. The molecule has 10 heteroatoms. The first kappa shape index (κ1) is 15.9. The van der Waals surface area contributed by atoms with Crippen LogP contribution in [-0.4, -0.2) is 34.9 Å². The molecule has 5 nitrogen and oxygen atoms in total. The van der Waals surface area contributed by atoms with Crippen molar-refractivity contribution >= 4 is 17.8 Å². The van der Waals surface area contributed by atoms with Crippen molar-refractivity contribution in [1.82, 2.24) is 5.06 Å². The van der Waals surface area contributed by atoms with E-state index in [2.05, 4.69) is 4.84 Å². The van der Waals surface area contributed by atoms with Crippen LogP contribution in [0.25, 0.3) is 0 Å². The molecule has 0 saturated carbocycles. The van der Waals surface area contributed by atoms with Gasteiger partial charge in [0.1, 0.15) is 6.42 Å². The van der Waals surface area contributed by atoms with E-state index < -0.39 is 36.3 Å². The summed E-state index contributed by atoms with van der Waals surface area (Å²) < 4.78 is 61.3. The SMILES string of the molecule is O=C(CC(F)(F)C(F)(F)F)ON1C(=O)c2ccccc2C1=O. The number of hydrogen-bond acceptors (Lipinski definition) is 4. The van der Waals surface area contributed by atoms with Crippen molar-refractivity contribution < 1.29 is 41.2 Å². The highest BCUT2D eigenvalue weighted by Gasteiger charge is 2.59. The first-order valence-corrected chi connectivity index (χ1v) is 5.68. The van der Waals surface area contributed by atoms with Crippen molar-refractivity contribution in [1.29, 1.82) is 0 Å². The zero-order valence-corrected chi connectivity index (χ0v) is 10.5. The van der Waals surface area contributed by atoms with Crippen LogP contribution < -0.4 is 0 Å². The second-order valence-corrected chi connectivity index (χ2v) is 4.29. The van der Waals surface area contributed by atoms with E-state index in [4.69, 9.17) is 0 Å². The fourth-order valence-corrected chi connectivity index (χ4v) is 1.67. The standard InChI is InChI=1S/C12H6F5NO4/c13-11(14,12(15,16)17)5-8(19)22-18-9(20)6-3-1-2-4-7(6)10(18)21/h1-4H,5H2. The number of alkyl halides is 5. The lowest BCUT2D eigenvalue weighted by Crippen LogP contribution is -2.41. The summed E-state index contributed by atoms with van der Waals surface area (Å²) in [6.45, 7) is 0.